The highest BCUT2D eigenvalue weighted by Gasteiger charge is 2.56. The molecule has 288 valence electrons. The van der Waals surface area contributed by atoms with Crippen LogP contribution < -0.4 is 0 Å². The highest BCUT2D eigenvalue weighted by atomic mass is 16.8. The number of hydrogen-bond acceptors (Lipinski definition) is 14. The second-order valence-corrected chi connectivity index (χ2v) is 12.5. The average Bonchev–Trinajstić information content (AvgIpc) is 3.17. The molecule has 0 saturated carbocycles. The van der Waals surface area contributed by atoms with Gasteiger partial charge in [-0.05, 0) is 22.2 Å². The number of hydrogen-bond donors (Lipinski definition) is 1. The van der Waals surface area contributed by atoms with Crippen molar-refractivity contribution in [2.75, 3.05) is 13.7 Å². The number of aliphatic hydroxyl groups excluding tert-OH is 1. The van der Waals surface area contributed by atoms with Gasteiger partial charge in [-0.1, -0.05) is 96.1 Å². The summed E-state index contributed by atoms with van der Waals surface area (Å²) in [4.78, 5) is 41.0. The molecule has 10 atom stereocenters. The summed E-state index contributed by atoms with van der Waals surface area (Å²) in [7, 11) is 1.12. The zero-order valence-electron chi connectivity index (χ0n) is 30.0. The minimum absolute atomic E-state index is 0.0169. The third kappa shape index (κ3) is 10.8. The van der Waals surface area contributed by atoms with E-state index >= 15 is 0 Å². The van der Waals surface area contributed by atoms with Crippen LogP contribution in [-0.2, 0) is 76.8 Å². The predicted octanol–water partition coefficient (Wildman–Crippen LogP) is 3.92. The van der Waals surface area contributed by atoms with Gasteiger partial charge in [-0.2, -0.15) is 0 Å². The highest BCUT2D eigenvalue weighted by molar-refractivity contribution is 5.76. The molecule has 16 nitrogen and oxygen atoms in total. The van der Waals surface area contributed by atoms with Gasteiger partial charge in [0, 0.05) is 18.8 Å². The van der Waals surface area contributed by atoms with E-state index in [1.54, 1.807) is 24.3 Å². The van der Waals surface area contributed by atoms with Crippen LogP contribution in [0.1, 0.15) is 30.5 Å². The van der Waals surface area contributed by atoms with Gasteiger partial charge >= 0.3 is 17.9 Å². The fourth-order valence-corrected chi connectivity index (χ4v) is 6.11. The fourth-order valence-electron chi connectivity index (χ4n) is 6.11. The van der Waals surface area contributed by atoms with Crippen molar-refractivity contribution in [1.29, 1.82) is 0 Å². The summed E-state index contributed by atoms with van der Waals surface area (Å²) in [6.07, 6.45) is -12.9. The molecule has 3 aromatic carbocycles. The second-order valence-electron chi connectivity index (χ2n) is 12.5. The van der Waals surface area contributed by atoms with Crippen molar-refractivity contribution in [2.45, 2.75) is 95.0 Å². The summed E-state index contributed by atoms with van der Waals surface area (Å²) >= 11 is 0. The molecule has 5 rings (SSSR count). The van der Waals surface area contributed by atoms with Crippen LogP contribution in [0.25, 0.3) is 10.4 Å². The van der Waals surface area contributed by atoms with Gasteiger partial charge in [0.05, 0.1) is 39.6 Å². The number of carbonyl (C=O) groups is 3. The lowest BCUT2D eigenvalue weighted by Gasteiger charge is -2.48. The maximum absolute atomic E-state index is 13.4. The molecule has 0 aliphatic carbocycles. The zero-order chi connectivity index (χ0) is 38.5. The van der Waals surface area contributed by atoms with E-state index in [-0.39, 0.29) is 26.4 Å². The number of nitrogens with zero attached hydrogens (tertiary/aromatic N) is 3. The van der Waals surface area contributed by atoms with Crippen LogP contribution in [0.15, 0.2) is 96.1 Å². The van der Waals surface area contributed by atoms with Gasteiger partial charge in [0.2, 0.25) is 6.29 Å². The van der Waals surface area contributed by atoms with E-state index in [0.717, 1.165) is 32.1 Å². The van der Waals surface area contributed by atoms with Crippen molar-refractivity contribution in [1.82, 2.24) is 0 Å². The lowest BCUT2D eigenvalue weighted by Crippen LogP contribution is -2.66. The lowest BCUT2D eigenvalue weighted by atomic mass is 9.95. The molecular weight excluding hydrogens is 706 g/mol. The van der Waals surface area contributed by atoms with Crippen LogP contribution in [-0.4, -0.2) is 98.1 Å². The van der Waals surface area contributed by atoms with Gasteiger partial charge in [-0.25, -0.2) is 4.79 Å². The number of azide groups is 1. The lowest BCUT2D eigenvalue weighted by molar-refractivity contribution is -0.343. The van der Waals surface area contributed by atoms with Crippen LogP contribution in [0.4, 0.5) is 0 Å². The van der Waals surface area contributed by atoms with E-state index in [9.17, 15) is 25.0 Å². The molecule has 2 aliphatic rings. The van der Waals surface area contributed by atoms with Crippen molar-refractivity contribution < 1.29 is 62.1 Å². The van der Waals surface area contributed by atoms with Crippen molar-refractivity contribution in [3.8, 4) is 0 Å². The standard InChI is InChI=1S/C38H43N3O13/c1-23(42)50-35-32(49-21-27-17-11-6-12-18-27)33(34(36(45)46-3)54-38(35)51-24(2)43)53-37-29(40-41-39)31(48-20-26-15-9-5-10-16-26)30(44)28(52-37)22-47-19-25-13-7-4-8-14-25/h4-18,28-35,37-38,44H,19-22H2,1-3H3/t28?,29?,30-,31+,32-,33+,34?,35?,37-,38+/m0/s1. The maximum atomic E-state index is 13.4. The first-order valence-electron chi connectivity index (χ1n) is 17.2. The minimum atomic E-state index is -1.66. The van der Waals surface area contributed by atoms with Gasteiger partial charge in [-0.15, -0.1) is 0 Å². The van der Waals surface area contributed by atoms with Gasteiger partial charge in [-0.3, -0.25) is 9.59 Å². The van der Waals surface area contributed by atoms with Crippen LogP contribution in [0.3, 0.4) is 0 Å². The number of carbonyl (C=O) groups excluding carboxylic acids is 3. The Morgan fingerprint density at radius 2 is 1.26 bits per heavy atom. The molecule has 0 aromatic heterocycles. The molecule has 2 aliphatic heterocycles. The third-order valence-electron chi connectivity index (χ3n) is 8.59. The summed E-state index contributed by atoms with van der Waals surface area (Å²) < 4.78 is 53.2. The van der Waals surface area contributed by atoms with E-state index in [2.05, 4.69) is 10.0 Å². The Morgan fingerprint density at radius 1 is 0.722 bits per heavy atom. The Hall–Kier alpha value is -4.90. The zero-order valence-corrected chi connectivity index (χ0v) is 30.0. The molecule has 3 aromatic rings. The number of methoxy groups -OCH3 is 1. The molecule has 1 N–H and O–H groups in total. The fraction of sp³-hybridized carbons (Fsp3) is 0.447. The molecule has 2 saturated heterocycles. The van der Waals surface area contributed by atoms with E-state index < -0.39 is 79.3 Å². The van der Waals surface area contributed by atoms with Gasteiger partial charge in [0.1, 0.15) is 30.5 Å². The summed E-state index contributed by atoms with van der Waals surface area (Å²) in [5, 5.41) is 15.5. The van der Waals surface area contributed by atoms with Crippen LogP contribution in [0, 0.1) is 0 Å². The van der Waals surface area contributed by atoms with Crippen molar-refractivity contribution in [3.05, 3.63) is 118 Å². The first-order chi connectivity index (χ1) is 26.2. The molecule has 2 fully saturated rings. The van der Waals surface area contributed by atoms with Crippen LogP contribution in [0.2, 0.25) is 0 Å². The van der Waals surface area contributed by atoms with E-state index in [1.807, 2.05) is 66.7 Å². The number of ether oxygens (including phenoxy) is 9. The van der Waals surface area contributed by atoms with Gasteiger partial charge < -0.3 is 47.7 Å². The molecule has 16 heteroatoms. The van der Waals surface area contributed by atoms with Crippen molar-refractivity contribution >= 4 is 17.9 Å². The number of esters is 3. The van der Waals surface area contributed by atoms with Crippen molar-refractivity contribution in [2.24, 2.45) is 5.11 Å². The van der Waals surface area contributed by atoms with Gasteiger partial charge in [0.25, 0.3) is 0 Å². The molecule has 2 heterocycles. The van der Waals surface area contributed by atoms with E-state index in [4.69, 9.17) is 42.6 Å². The molecule has 4 unspecified atom stereocenters. The summed E-state index contributed by atoms with van der Waals surface area (Å²) in [5.41, 5.74) is 12.1. The third-order valence-corrected chi connectivity index (χ3v) is 8.59. The van der Waals surface area contributed by atoms with E-state index in [1.165, 1.54) is 0 Å². The quantitative estimate of drug-likeness (QED) is 0.0727. The van der Waals surface area contributed by atoms with Crippen LogP contribution in [0.5, 0.6) is 0 Å². The summed E-state index contributed by atoms with van der Waals surface area (Å²) in [6.45, 7) is 2.23. The first kappa shape index (κ1) is 40.3. The maximum Gasteiger partial charge on any atom is 0.338 e. The smallest absolute Gasteiger partial charge is 0.338 e. The highest BCUT2D eigenvalue weighted by Crippen LogP contribution is 2.35. The molecule has 0 radical (unpaired) electrons. The Bertz CT molecular complexity index is 1700. The minimum Gasteiger partial charge on any atom is -0.467 e. The molecular formula is C38H43N3O13. The van der Waals surface area contributed by atoms with Crippen molar-refractivity contribution in [3.63, 3.8) is 0 Å². The molecule has 0 amide bonds. The monoisotopic (exact) mass is 749 g/mol. The Balaban J connectivity index is 1.51. The number of benzene rings is 3. The topological polar surface area (TPSA) is 203 Å². The average molecular weight is 750 g/mol. The predicted molar refractivity (Wildman–Crippen MR) is 187 cm³/mol. The normalized spacial score (nSPS) is 27.9. The number of aliphatic hydroxyl groups is 1. The first-order valence-corrected chi connectivity index (χ1v) is 17.2. The Kier molecular flexibility index (Phi) is 14.9. The second kappa shape index (κ2) is 20.0. The molecule has 0 spiro atoms. The SMILES string of the molecule is COC(=O)C1O[C@@H](OC(C)=O)C(OC(C)=O)[C@@H](OCc2ccccc2)[C@H]1O[C@@H]1OC(COCc2ccccc2)[C@H](O)[C@H](OCc2ccccc2)C1N=[N+]=[N-]. The summed E-state index contributed by atoms with van der Waals surface area (Å²) in [6, 6.07) is 26.1. The largest absolute Gasteiger partial charge is 0.467 e. The molecule has 54 heavy (non-hydrogen) atoms. The Morgan fingerprint density at radius 3 is 1.78 bits per heavy atom. The molecule has 0 bridgehead atoms. The number of rotatable bonds is 16. The van der Waals surface area contributed by atoms with Crippen LogP contribution >= 0.6 is 0 Å². The summed E-state index contributed by atoms with van der Waals surface area (Å²) in [5.74, 6) is -2.53. The Labute approximate surface area is 311 Å². The van der Waals surface area contributed by atoms with E-state index in [0.29, 0.717) is 5.56 Å². The van der Waals surface area contributed by atoms with Gasteiger partial charge in [0.15, 0.2) is 18.5 Å².